The Labute approximate surface area is 148 Å². The third-order valence-electron chi connectivity index (χ3n) is 4.12. The van der Waals surface area contributed by atoms with Crippen molar-refractivity contribution in [1.29, 1.82) is 0 Å². The van der Waals surface area contributed by atoms with E-state index < -0.39 is 0 Å². The molecule has 0 bridgehead atoms. The smallest absolute Gasteiger partial charge is 0.250 e. The van der Waals surface area contributed by atoms with Gasteiger partial charge in [-0.15, -0.1) is 0 Å². The number of carbonyl (C=O) groups excluding carboxylic acids is 1. The lowest BCUT2D eigenvalue weighted by molar-refractivity contribution is -0.123. The van der Waals surface area contributed by atoms with Gasteiger partial charge in [-0.2, -0.15) is 0 Å². The van der Waals surface area contributed by atoms with Crippen LogP contribution in [0.25, 0.3) is 0 Å². The molecule has 1 aliphatic rings. The van der Waals surface area contributed by atoms with Gasteiger partial charge in [0.05, 0.1) is 6.10 Å². The lowest BCUT2D eigenvalue weighted by Gasteiger charge is -2.22. The Kier molecular flexibility index (Phi) is 6.42. The molecule has 1 fully saturated rings. The van der Waals surface area contributed by atoms with Crippen molar-refractivity contribution in [3.63, 3.8) is 0 Å². The number of benzene rings is 2. The summed E-state index contributed by atoms with van der Waals surface area (Å²) in [5, 5.41) is 6.12. The van der Waals surface area contributed by atoms with Crippen LogP contribution < -0.4 is 15.4 Å². The quantitative estimate of drug-likeness (QED) is 0.813. The average molecular weight is 340 g/mol. The number of amides is 1. The molecule has 3 rings (SSSR count). The first kappa shape index (κ1) is 17.5. The number of ether oxygens (including phenoxy) is 2. The average Bonchev–Trinajstić information content (AvgIpc) is 2.67. The maximum Gasteiger partial charge on any atom is 0.250 e. The minimum atomic E-state index is -0.128. The Balaban J connectivity index is 1.41. The molecule has 0 spiro atoms. The van der Waals surface area contributed by atoms with E-state index >= 15 is 0 Å². The Morgan fingerprint density at radius 3 is 2.48 bits per heavy atom. The fourth-order valence-electron chi connectivity index (χ4n) is 2.73. The highest BCUT2D eigenvalue weighted by Gasteiger charge is 2.14. The fraction of sp³-hybridized carbons (Fsp3) is 0.350. The molecule has 2 N–H and O–H groups in total. The molecular weight excluding hydrogens is 316 g/mol. The van der Waals surface area contributed by atoms with E-state index in [9.17, 15) is 4.79 Å². The summed E-state index contributed by atoms with van der Waals surface area (Å²) in [7, 11) is 0. The highest BCUT2D eigenvalue weighted by Crippen LogP contribution is 2.17. The van der Waals surface area contributed by atoms with Gasteiger partial charge in [-0.05, 0) is 55.8 Å². The van der Waals surface area contributed by atoms with Crippen molar-refractivity contribution < 1.29 is 14.3 Å². The lowest BCUT2D eigenvalue weighted by atomic mass is 10.1. The molecule has 1 heterocycles. The van der Waals surface area contributed by atoms with Crippen LogP contribution in [-0.2, 0) is 16.1 Å². The second-order valence-corrected chi connectivity index (χ2v) is 6.11. The van der Waals surface area contributed by atoms with Crippen LogP contribution in [0.4, 0.5) is 5.69 Å². The maximum atomic E-state index is 12.0. The molecule has 0 aliphatic carbocycles. The van der Waals surface area contributed by atoms with Crippen LogP contribution in [0.15, 0.2) is 54.6 Å². The Bertz CT molecular complexity index is 652. The van der Waals surface area contributed by atoms with E-state index in [0.717, 1.165) is 42.9 Å². The van der Waals surface area contributed by atoms with Crippen molar-refractivity contribution in [3.8, 4) is 5.75 Å². The minimum absolute atomic E-state index is 0.0942. The molecule has 1 amide bonds. The monoisotopic (exact) mass is 340 g/mol. The van der Waals surface area contributed by atoms with Crippen molar-refractivity contribution >= 4 is 11.6 Å². The van der Waals surface area contributed by atoms with Crippen LogP contribution >= 0.6 is 0 Å². The molecule has 2 aromatic carbocycles. The summed E-state index contributed by atoms with van der Waals surface area (Å²) in [6.07, 6.45) is 2.10. The molecule has 132 valence electrons. The molecule has 2 aromatic rings. The number of nitrogens with one attached hydrogen (secondary N) is 2. The summed E-state index contributed by atoms with van der Waals surface area (Å²) in [6, 6.07) is 17.4. The van der Waals surface area contributed by atoms with Gasteiger partial charge in [-0.3, -0.25) is 4.79 Å². The summed E-state index contributed by atoms with van der Waals surface area (Å²) in [5.74, 6) is 0.643. The summed E-state index contributed by atoms with van der Waals surface area (Å²) >= 11 is 0. The summed E-state index contributed by atoms with van der Waals surface area (Å²) in [5.41, 5.74) is 1.86. The van der Waals surface area contributed by atoms with Crippen LogP contribution in [0, 0.1) is 0 Å². The predicted molar refractivity (Wildman–Crippen MR) is 97.7 cm³/mol. The maximum absolute atomic E-state index is 12.0. The van der Waals surface area contributed by atoms with E-state index in [1.165, 1.54) is 0 Å². The second kappa shape index (κ2) is 9.20. The molecule has 0 aromatic heterocycles. The third-order valence-corrected chi connectivity index (χ3v) is 4.12. The first-order valence-electron chi connectivity index (χ1n) is 8.68. The van der Waals surface area contributed by atoms with Crippen molar-refractivity contribution in [3.05, 3.63) is 60.2 Å². The van der Waals surface area contributed by atoms with Crippen LogP contribution in [0.5, 0.6) is 5.75 Å². The standard InChI is InChI=1S/C20H24N2O3/c23-20(15-25-19-10-12-21-13-11-19)22-17-6-8-18(9-7-17)24-14-16-4-2-1-3-5-16/h1-9,19,21H,10-15H2,(H,22,23). The number of anilines is 1. The number of rotatable bonds is 7. The first-order chi connectivity index (χ1) is 12.3. The van der Waals surface area contributed by atoms with Crippen LogP contribution in [0.2, 0.25) is 0 Å². The number of hydrogen-bond acceptors (Lipinski definition) is 4. The van der Waals surface area contributed by atoms with Crippen molar-refractivity contribution in [1.82, 2.24) is 5.32 Å². The third kappa shape index (κ3) is 5.89. The molecule has 5 nitrogen and oxygen atoms in total. The van der Waals surface area contributed by atoms with Gasteiger partial charge in [0, 0.05) is 5.69 Å². The molecular formula is C20H24N2O3. The van der Waals surface area contributed by atoms with Crippen LogP contribution in [-0.4, -0.2) is 31.7 Å². The zero-order valence-corrected chi connectivity index (χ0v) is 14.2. The van der Waals surface area contributed by atoms with Crippen LogP contribution in [0.3, 0.4) is 0 Å². The normalized spacial score (nSPS) is 14.9. The van der Waals surface area contributed by atoms with E-state index in [1.807, 2.05) is 54.6 Å². The first-order valence-corrected chi connectivity index (χ1v) is 8.68. The van der Waals surface area contributed by atoms with E-state index in [4.69, 9.17) is 9.47 Å². The van der Waals surface area contributed by atoms with E-state index in [-0.39, 0.29) is 18.6 Å². The largest absolute Gasteiger partial charge is 0.489 e. The summed E-state index contributed by atoms with van der Waals surface area (Å²) in [6.45, 7) is 2.53. The SMILES string of the molecule is O=C(COC1CCNCC1)Nc1ccc(OCc2ccccc2)cc1. The highest BCUT2D eigenvalue weighted by atomic mass is 16.5. The zero-order chi connectivity index (χ0) is 17.3. The van der Waals surface area contributed by atoms with Gasteiger partial charge in [-0.25, -0.2) is 0 Å². The van der Waals surface area contributed by atoms with Crippen molar-refractivity contribution in [2.75, 3.05) is 25.0 Å². The van der Waals surface area contributed by atoms with Gasteiger partial charge >= 0.3 is 0 Å². The Morgan fingerprint density at radius 1 is 1.04 bits per heavy atom. The fourth-order valence-corrected chi connectivity index (χ4v) is 2.73. The Hall–Kier alpha value is -2.37. The van der Waals surface area contributed by atoms with Gasteiger partial charge in [0.2, 0.25) is 5.91 Å². The summed E-state index contributed by atoms with van der Waals surface area (Å²) in [4.78, 5) is 12.0. The molecule has 0 atom stereocenters. The molecule has 0 unspecified atom stereocenters. The zero-order valence-electron chi connectivity index (χ0n) is 14.2. The summed E-state index contributed by atoms with van der Waals surface area (Å²) < 4.78 is 11.4. The molecule has 25 heavy (non-hydrogen) atoms. The van der Waals surface area contributed by atoms with Gasteiger partial charge in [0.1, 0.15) is 19.0 Å². The minimum Gasteiger partial charge on any atom is -0.489 e. The molecule has 0 saturated carbocycles. The molecule has 5 heteroatoms. The second-order valence-electron chi connectivity index (χ2n) is 6.11. The number of piperidine rings is 1. The molecule has 0 radical (unpaired) electrons. The van der Waals surface area contributed by atoms with Gasteiger partial charge in [0.15, 0.2) is 0 Å². The predicted octanol–water partition coefficient (Wildman–Crippen LogP) is 2.97. The highest BCUT2D eigenvalue weighted by molar-refractivity contribution is 5.91. The van der Waals surface area contributed by atoms with E-state index in [1.54, 1.807) is 0 Å². The number of hydrogen-bond donors (Lipinski definition) is 2. The molecule has 1 aliphatic heterocycles. The van der Waals surface area contributed by atoms with E-state index in [2.05, 4.69) is 10.6 Å². The number of carbonyl (C=O) groups is 1. The Morgan fingerprint density at radius 2 is 1.76 bits per heavy atom. The van der Waals surface area contributed by atoms with Gasteiger partial charge in [0.25, 0.3) is 0 Å². The van der Waals surface area contributed by atoms with Crippen LogP contribution in [0.1, 0.15) is 18.4 Å². The van der Waals surface area contributed by atoms with Crippen molar-refractivity contribution in [2.24, 2.45) is 0 Å². The van der Waals surface area contributed by atoms with E-state index in [0.29, 0.717) is 6.61 Å². The van der Waals surface area contributed by atoms with Gasteiger partial charge in [-0.1, -0.05) is 30.3 Å². The molecule has 1 saturated heterocycles. The lowest BCUT2D eigenvalue weighted by Crippen LogP contribution is -2.34. The van der Waals surface area contributed by atoms with Crippen molar-refractivity contribution in [2.45, 2.75) is 25.6 Å². The topological polar surface area (TPSA) is 59.6 Å². The van der Waals surface area contributed by atoms with Gasteiger partial charge < -0.3 is 20.1 Å².